The molecule has 2 aromatic rings. The first-order chi connectivity index (χ1) is 7.81. The van der Waals surface area contributed by atoms with Gasteiger partial charge in [0.05, 0.1) is 0 Å². The zero-order chi connectivity index (χ0) is 11.0. The van der Waals surface area contributed by atoms with Gasteiger partial charge in [-0.05, 0) is 18.1 Å². The van der Waals surface area contributed by atoms with Gasteiger partial charge in [0.2, 0.25) is 0 Å². The van der Waals surface area contributed by atoms with E-state index in [1.165, 1.54) is 11.1 Å². The van der Waals surface area contributed by atoms with Crippen molar-refractivity contribution in [2.24, 2.45) is 0 Å². The molecule has 1 nitrogen and oxygen atoms in total. The van der Waals surface area contributed by atoms with Gasteiger partial charge in [0.15, 0.2) is 0 Å². The Morgan fingerprint density at radius 2 is 1.44 bits per heavy atom. The van der Waals surface area contributed by atoms with Crippen molar-refractivity contribution >= 4 is 0 Å². The Bertz CT molecular complexity index is 477. The lowest BCUT2D eigenvalue weighted by Gasteiger charge is -2.06. The third-order valence-electron chi connectivity index (χ3n) is 3.26. The minimum Gasteiger partial charge on any atom is -0.356 e. The van der Waals surface area contributed by atoms with Crippen molar-refractivity contribution in [1.29, 1.82) is 0 Å². The monoisotopic (exact) mass is 210 g/mol. The summed E-state index contributed by atoms with van der Waals surface area (Å²) in [5.41, 5.74) is 2.38. The summed E-state index contributed by atoms with van der Waals surface area (Å²) in [6.45, 7) is 2.15. The van der Waals surface area contributed by atoms with Gasteiger partial charge >= 0.3 is 0 Å². The SMILES string of the molecule is C[C@]1(c2ccccc2)O[C@@H]1c1ccccc1. The molecular formula is C15H14O. The van der Waals surface area contributed by atoms with Crippen LogP contribution in [0.4, 0.5) is 0 Å². The van der Waals surface area contributed by atoms with Crippen molar-refractivity contribution < 1.29 is 4.74 Å². The topological polar surface area (TPSA) is 12.5 Å². The maximum atomic E-state index is 5.88. The van der Waals surface area contributed by atoms with Crippen LogP contribution in [0.2, 0.25) is 0 Å². The molecule has 1 heterocycles. The number of hydrogen-bond donors (Lipinski definition) is 0. The molecule has 0 saturated carbocycles. The first kappa shape index (κ1) is 9.61. The van der Waals surface area contributed by atoms with Gasteiger partial charge in [-0.25, -0.2) is 0 Å². The minimum absolute atomic E-state index is 0.136. The van der Waals surface area contributed by atoms with Crippen LogP contribution >= 0.6 is 0 Å². The number of benzene rings is 2. The molecule has 0 aromatic heterocycles. The van der Waals surface area contributed by atoms with Crippen molar-refractivity contribution in [2.45, 2.75) is 18.6 Å². The standard InChI is InChI=1S/C15H14O/c1-15(13-10-6-3-7-11-13)14(16-15)12-8-4-2-5-9-12/h2-11,14H,1H3/t14-,15-/m1/s1. The lowest BCUT2D eigenvalue weighted by Crippen LogP contribution is -2.03. The molecule has 1 fully saturated rings. The van der Waals surface area contributed by atoms with Gasteiger partial charge in [-0.1, -0.05) is 60.7 Å². The second-order valence-corrected chi connectivity index (χ2v) is 4.38. The molecule has 0 radical (unpaired) electrons. The molecule has 1 aliphatic heterocycles. The van der Waals surface area contributed by atoms with E-state index in [4.69, 9.17) is 4.74 Å². The van der Waals surface area contributed by atoms with Gasteiger partial charge in [-0.3, -0.25) is 0 Å². The van der Waals surface area contributed by atoms with Crippen molar-refractivity contribution in [1.82, 2.24) is 0 Å². The third-order valence-corrected chi connectivity index (χ3v) is 3.26. The predicted octanol–water partition coefficient (Wildman–Crippen LogP) is 3.67. The van der Waals surface area contributed by atoms with Crippen molar-refractivity contribution in [3.8, 4) is 0 Å². The summed E-state index contributed by atoms with van der Waals surface area (Å²) >= 11 is 0. The molecule has 2 aromatic carbocycles. The highest BCUT2D eigenvalue weighted by molar-refractivity contribution is 5.34. The van der Waals surface area contributed by atoms with Crippen molar-refractivity contribution in [3.05, 3.63) is 71.8 Å². The molecular weight excluding hydrogens is 196 g/mol. The van der Waals surface area contributed by atoms with Crippen molar-refractivity contribution in [3.63, 3.8) is 0 Å². The van der Waals surface area contributed by atoms with Crippen LogP contribution in [0, 0.1) is 0 Å². The number of epoxide rings is 1. The van der Waals surface area contributed by atoms with Crippen LogP contribution in [0.5, 0.6) is 0 Å². The maximum Gasteiger partial charge on any atom is 0.122 e. The Balaban J connectivity index is 1.90. The molecule has 1 heteroatoms. The average Bonchev–Trinajstić information content (AvgIpc) is 3.06. The molecule has 0 aliphatic carbocycles. The zero-order valence-corrected chi connectivity index (χ0v) is 9.26. The molecule has 0 bridgehead atoms. The van der Waals surface area contributed by atoms with E-state index in [1.54, 1.807) is 0 Å². The van der Waals surface area contributed by atoms with Gasteiger partial charge in [0, 0.05) is 0 Å². The van der Waals surface area contributed by atoms with E-state index in [0.29, 0.717) is 0 Å². The average molecular weight is 210 g/mol. The number of rotatable bonds is 2. The van der Waals surface area contributed by atoms with Crippen molar-refractivity contribution in [2.75, 3.05) is 0 Å². The van der Waals surface area contributed by atoms with E-state index in [9.17, 15) is 0 Å². The normalized spacial score (nSPS) is 27.7. The van der Waals surface area contributed by atoms with E-state index in [0.717, 1.165) is 0 Å². The van der Waals surface area contributed by atoms with Crippen LogP contribution in [0.1, 0.15) is 24.2 Å². The fourth-order valence-corrected chi connectivity index (χ4v) is 2.21. The summed E-state index contributed by atoms with van der Waals surface area (Å²) in [6.07, 6.45) is 0.205. The highest BCUT2D eigenvalue weighted by Crippen LogP contribution is 2.56. The maximum absolute atomic E-state index is 5.88. The van der Waals surface area contributed by atoms with Gasteiger partial charge in [0.1, 0.15) is 11.7 Å². The van der Waals surface area contributed by atoms with Crippen LogP contribution in [0.3, 0.4) is 0 Å². The number of ether oxygens (including phenoxy) is 1. The van der Waals surface area contributed by atoms with E-state index < -0.39 is 0 Å². The van der Waals surface area contributed by atoms with Crippen LogP contribution in [0.25, 0.3) is 0 Å². The molecule has 0 unspecified atom stereocenters. The molecule has 0 spiro atoms. The zero-order valence-electron chi connectivity index (χ0n) is 9.26. The van der Waals surface area contributed by atoms with Crippen LogP contribution in [-0.4, -0.2) is 0 Å². The molecule has 2 atom stereocenters. The third kappa shape index (κ3) is 1.44. The Morgan fingerprint density at radius 1 is 0.875 bits per heavy atom. The highest BCUT2D eigenvalue weighted by Gasteiger charge is 2.54. The quantitative estimate of drug-likeness (QED) is 0.689. The summed E-state index contributed by atoms with van der Waals surface area (Å²) < 4.78 is 5.88. The summed E-state index contributed by atoms with van der Waals surface area (Å²) in [5.74, 6) is 0. The molecule has 1 aliphatic rings. The molecule has 0 amide bonds. The summed E-state index contributed by atoms with van der Waals surface area (Å²) in [7, 11) is 0. The summed E-state index contributed by atoms with van der Waals surface area (Å²) in [4.78, 5) is 0. The van der Waals surface area contributed by atoms with E-state index in [-0.39, 0.29) is 11.7 Å². The molecule has 3 rings (SSSR count). The Kier molecular flexibility index (Phi) is 2.08. The number of hydrogen-bond acceptors (Lipinski definition) is 1. The minimum atomic E-state index is -0.136. The molecule has 0 N–H and O–H groups in total. The van der Waals surface area contributed by atoms with Crippen LogP contribution in [0.15, 0.2) is 60.7 Å². The summed E-state index contributed by atoms with van der Waals surface area (Å²) in [5, 5.41) is 0. The second kappa shape index (κ2) is 3.46. The first-order valence-electron chi connectivity index (χ1n) is 5.59. The van der Waals surface area contributed by atoms with Gasteiger partial charge in [0.25, 0.3) is 0 Å². The van der Waals surface area contributed by atoms with Crippen LogP contribution in [-0.2, 0) is 10.3 Å². The predicted molar refractivity (Wildman–Crippen MR) is 64.1 cm³/mol. The van der Waals surface area contributed by atoms with E-state index in [2.05, 4.69) is 55.5 Å². The Hall–Kier alpha value is -1.60. The fourth-order valence-electron chi connectivity index (χ4n) is 2.21. The lowest BCUT2D eigenvalue weighted by molar-refractivity contribution is 0.313. The van der Waals surface area contributed by atoms with Gasteiger partial charge < -0.3 is 4.74 Å². The van der Waals surface area contributed by atoms with Gasteiger partial charge in [-0.2, -0.15) is 0 Å². The largest absolute Gasteiger partial charge is 0.356 e. The van der Waals surface area contributed by atoms with Gasteiger partial charge in [-0.15, -0.1) is 0 Å². The fraction of sp³-hybridized carbons (Fsp3) is 0.200. The molecule has 16 heavy (non-hydrogen) atoms. The molecule has 80 valence electrons. The smallest absolute Gasteiger partial charge is 0.122 e. The molecule has 1 saturated heterocycles. The van der Waals surface area contributed by atoms with Crippen LogP contribution < -0.4 is 0 Å². The highest BCUT2D eigenvalue weighted by atomic mass is 16.6. The Labute approximate surface area is 95.7 Å². The van der Waals surface area contributed by atoms with E-state index in [1.807, 2.05) is 12.1 Å². The second-order valence-electron chi connectivity index (χ2n) is 4.38. The van der Waals surface area contributed by atoms with E-state index >= 15 is 0 Å². The summed E-state index contributed by atoms with van der Waals surface area (Å²) in [6, 6.07) is 20.8. The Morgan fingerprint density at radius 3 is 2.06 bits per heavy atom. The first-order valence-corrected chi connectivity index (χ1v) is 5.59. The lowest BCUT2D eigenvalue weighted by atomic mass is 9.94.